The zero-order valence-corrected chi connectivity index (χ0v) is 9.58. The number of carbonyl (C=O) groups is 1. The molecule has 2 heteroatoms. The minimum Gasteiger partial charge on any atom is -0.311 e. The first-order valence-corrected chi connectivity index (χ1v) is 5.36. The number of anilines is 1. The van der Waals surface area contributed by atoms with Crippen LogP contribution in [0.2, 0.25) is 0 Å². The van der Waals surface area contributed by atoms with Gasteiger partial charge in [0.1, 0.15) is 0 Å². The summed E-state index contributed by atoms with van der Waals surface area (Å²) >= 11 is 0. The normalized spacial score (nSPS) is 15.7. The molecule has 0 N–H and O–H groups in total. The number of hydrogen-bond donors (Lipinski definition) is 0. The lowest BCUT2D eigenvalue weighted by Crippen LogP contribution is -2.35. The molecular formula is C13H17NO. The number of carbonyl (C=O) groups excluding carboxylic acids is 1. The fourth-order valence-corrected chi connectivity index (χ4v) is 1.96. The van der Waals surface area contributed by atoms with Gasteiger partial charge in [-0.05, 0) is 17.0 Å². The fraction of sp³-hybridized carbons (Fsp3) is 0.462. The third-order valence-electron chi connectivity index (χ3n) is 2.56. The van der Waals surface area contributed by atoms with Crippen LogP contribution >= 0.6 is 0 Å². The molecule has 1 amide bonds. The van der Waals surface area contributed by atoms with Gasteiger partial charge in [0.25, 0.3) is 0 Å². The van der Waals surface area contributed by atoms with Crippen molar-refractivity contribution in [3.05, 3.63) is 29.8 Å². The van der Waals surface area contributed by atoms with E-state index < -0.39 is 0 Å². The molecule has 0 fully saturated rings. The number of nitrogens with zero attached hydrogens (tertiary/aromatic N) is 1. The van der Waals surface area contributed by atoms with Gasteiger partial charge >= 0.3 is 0 Å². The summed E-state index contributed by atoms with van der Waals surface area (Å²) in [5.74, 6) is 0.228. The highest BCUT2D eigenvalue weighted by molar-refractivity contribution is 6.01. The molecular weight excluding hydrogens is 186 g/mol. The minimum absolute atomic E-state index is 0.146. The van der Waals surface area contributed by atoms with Gasteiger partial charge in [0.15, 0.2) is 0 Å². The summed E-state index contributed by atoms with van der Waals surface area (Å²) in [4.78, 5) is 13.7. The van der Waals surface area contributed by atoms with Crippen molar-refractivity contribution in [3.63, 3.8) is 0 Å². The Balaban J connectivity index is 2.30. The number of rotatable bonds is 1. The predicted octanol–water partition coefficient (Wildman–Crippen LogP) is 2.62. The van der Waals surface area contributed by atoms with E-state index in [2.05, 4.69) is 20.8 Å². The summed E-state index contributed by atoms with van der Waals surface area (Å²) < 4.78 is 0. The molecule has 1 aliphatic heterocycles. The van der Waals surface area contributed by atoms with Crippen molar-refractivity contribution < 1.29 is 4.79 Å². The van der Waals surface area contributed by atoms with Crippen molar-refractivity contribution in [2.24, 2.45) is 5.41 Å². The predicted molar refractivity (Wildman–Crippen MR) is 62.0 cm³/mol. The number of amides is 1. The Hall–Kier alpha value is -1.31. The van der Waals surface area contributed by atoms with Crippen molar-refractivity contribution in [3.8, 4) is 0 Å². The molecule has 15 heavy (non-hydrogen) atoms. The molecule has 0 spiro atoms. The molecule has 1 aromatic carbocycles. The molecule has 1 aliphatic rings. The van der Waals surface area contributed by atoms with Gasteiger partial charge in [-0.1, -0.05) is 39.0 Å². The topological polar surface area (TPSA) is 20.3 Å². The summed E-state index contributed by atoms with van der Waals surface area (Å²) in [5.41, 5.74) is 2.40. The van der Waals surface area contributed by atoms with Crippen molar-refractivity contribution >= 4 is 11.6 Å². The second-order valence-electron chi connectivity index (χ2n) is 5.35. The van der Waals surface area contributed by atoms with Gasteiger partial charge in [0.2, 0.25) is 5.91 Å². The highest BCUT2D eigenvalue weighted by atomic mass is 16.2. The second kappa shape index (κ2) is 3.37. The van der Waals surface area contributed by atoms with Gasteiger partial charge in [0, 0.05) is 12.2 Å². The Bertz CT molecular complexity index is 390. The van der Waals surface area contributed by atoms with Crippen LogP contribution in [0.1, 0.15) is 26.3 Å². The summed E-state index contributed by atoms with van der Waals surface area (Å²) in [7, 11) is 0. The number of benzene rings is 1. The lowest BCUT2D eigenvalue weighted by molar-refractivity contribution is -0.117. The van der Waals surface area contributed by atoms with Gasteiger partial charge in [-0.2, -0.15) is 0 Å². The Morgan fingerprint density at radius 2 is 1.93 bits per heavy atom. The van der Waals surface area contributed by atoms with Gasteiger partial charge in [-0.3, -0.25) is 4.79 Å². The van der Waals surface area contributed by atoms with Gasteiger partial charge < -0.3 is 4.90 Å². The smallest absolute Gasteiger partial charge is 0.231 e. The first-order valence-electron chi connectivity index (χ1n) is 5.36. The van der Waals surface area contributed by atoms with E-state index >= 15 is 0 Å². The SMILES string of the molecule is CC(C)(C)CN1C(=O)Cc2ccccc21. The fourth-order valence-electron chi connectivity index (χ4n) is 1.96. The van der Waals surface area contributed by atoms with Gasteiger partial charge in [-0.25, -0.2) is 0 Å². The quantitative estimate of drug-likeness (QED) is 0.687. The molecule has 0 unspecified atom stereocenters. The molecule has 1 aromatic rings. The minimum atomic E-state index is 0.146. The van der Waals surface area contributed by atoms with E-state index in [9.17, 15) is 4.79 Å². The van der Waals surface area contributed by atoms with Crippen LogP contribution in [-0.2, 0) is 11.2 Å². The van der Waals surface area contributed by atoms with Gasteiger partial charge in [0.05, 0.1) is 6.42 Å². The van der Waals surface area contributed by atoms with Gasteiger partial charge in [-0.15, -0.1) is 0 Å². The van der Waals surface area contributed by atoms with Crippen molar-refractivity contribution in [2.45, 2.75) is 27.2 Å². The third-order valence-corrected chi connectivity index (χ3v) is 2.56. The molecule has 0 bridgehead atoms. The zero-order chi connectivity index (χ0) is 11.1. The highest BCUT2D eigenvalue weighted by Crippen LogP contribution is 2.31. The Labute approximate surface area is 90.9 Å². The Kier molecular flexibility index (Phi) is 2.29. The number of hydrogen-bond acceptors (Lipinski definition) is 1. The average molecular weight is 203 g/mol. The molecule has 1 heterocycles. The van der Waals surface area contributed by atoms with Crippen LogP contribution in [0.15, 0.2) is 24.3 Å². The van der Waals surface area contributed by atoms with Crippen LogP contribution in [0, 0.1) is 5.41 Å². The monoisotopic (exact) mass is 203 g/mol. The molecule has 80 valence electrons. The maximum Gasteiger partial charge on any atom is 0.231 e. The van der Waals surface area contributed by atoms with Crippen molar-refractivity contribution in [1.29, 1.82) is 0 Å². The maximum atomic E-state index is 11.8. The molecule has 2 rings (SSSR count). The van der Waals surface area contributed by atoms with E-state index in [0.29, 0.717) is 6.42 Å². The average Bonchev–Trinajstić information content (AvgIpc) is 2.41. The Morgan fingerprint density at radius 3 is 2.60 bits per heavy atom. The molecule has 0 aromatic heterocycles. The molecule has 0 saturated carbocycles. The first-order chi connectivity index (χ1) is 6.97. The zero-order valence-electron chi connectivity index (χ0n) is 9.58. The van der Waals surface area contributed by atoms with E-state index in [1.54, 1.807) is 0 Å². The summed E-state index contributed by atoms with van der Waals surface area (Å²) in [6.07, 6.45) is 0.562. The van der Waals surface area contributed by atoms with E-state index in [0.717, 1.165) is 17.8 Å². The van der Waals surface area contributed by atoms with E-state index in [1.165, 1.54) is 0 Å². The van der Waals surface area contributed by atoms with Crippen molar-refractivity contribution in [2.75, 3.05) is 11.4 Å². The molecule has 0 aliphatic carbocycles. The van der Waals surface area contributed by atoms with Crippen LogP contribution < -0.4 is 4.90 Å². The number of para-hydroxylation sites is 1. The van der Waals surface area contributed by atoms with E-state index in [4.69, 9.17) is 0 Å². The van der Waals surface area contributed by atoms with Crippen LogP contribution in [0.5, 0.6) is 0 Å². The van der Waals surface area contributed by atoms with Crippen LogP contribution in [0.3, 0.4) is 0 Å². The largest absolute Gasteiger partial charge is 0.311 e. The Morgan fingerprint density at radius 1 is 1.27 bits per heavy atom. The number of fused-ring (bicyclic) bond motifs is 1. The molecule has 0 radical (unpaired) electrons. The van der Waals surface area contributed by atoms with Crippen LogP contribution in [-0.4, -0.2) is 12.5 Å². The third kappa shape index (κ3) is 2.04. The lowest BCUT2D eigenvalue weighted by Gasteiger charge is -2.26. The van der Waals surface area contributed by atoms with Crippen LogP contribution in [0.4, 0.5) is 5.69 Å². The summed E-state index contributed by atoms with van der Waals surface area (Å²) in [5, 5.41) is 0. The summed E-state index contributed by atoms with van der Waals surface area (Å²) in [6.45, 7) is 7.26. The second-order valence-corrected chi connectivity index (χ2v) is 5.35. The standard InChI is InChI=1S/C13H17NO/c1-13(2,3)9-14-11-7-5-4-6-10(11)8-12(14)15/h4-7H,8-9H2,1-3H3. The molecule has 0 atom stereocenters. The van der Waals surface area contributed by atoms with Crippen molar-refractivity contribution in [1.82, 2.24) is 0 Å². The lowest BCUT2D eigenvalue weighted by atomic mass is 9.96. The maximum absolute atomic E-state index is 11.8. The first kappa shape index (κ1) is 10.2. The summed E-state index contributed by atoms with van der Waals surface area (Å²) in [6, 6.07) is 8.06. The molecule has 2 nitrogen and oxygen atoms in total. The van der Waals surface area contributed by atoms with Crippen LogP contribution in [0.25, 0.3) is 0 Å². The van der Waals surface area contributed by atoms with E-state index in [-0.39, 0.29) is 11.3 Å². The highest BCUT2D eigenvalue weighted by Gasteiger charge is 2.29. The van der Waals surface area contributed by atoms with E-state index in [1.807, 2.05) is 29.2 Å². The molecule has 0 saturated heterocycles.